The Morgan fingerprint density at radius 3 is 0.682 bits per heavy atom. The fourth-order valence-electron chi connectivity index (χ4n) is 3.93. The summed E-state index contributed by atoms with van der Waals surface area (Å²) in [5.41, 5.74) is 8.13. The van der Waals surface area contributed by atoms with Crippen molar-refractivity contribution in [3.05, 3.63) is 95.6 Å². The molecule has 0 N–H and O–H groups in total. The van der Waals surface area contributed by atoms with E-state index in [1.54, 1.807) is 0 Å². The van der Waals surface area contributed by atoms with Gasteiger partial charge in [-0.2, -0.15) is 0 Å². The molecule has 0 bridgehead atoms. The molecule has 220 valence electrons. The Kier molecular flexibility index (Phi) is 14.6. The average molecular weight is 739 g/mol. The van der Waals surface area contributed by atoms with Crippen LogP contribution in [0.5, 0.6) is 0 Å². The van der Waals surface area contributed by atoms with Gasteiger partial charge in [0.15, 0.2) is 0 Å². The van der Waals surface area contributed by atoms with Crippen LogP contribution in [0.25, 0.3) is 43.6 Å². The second-order valence-corrected chi connectivity index (χ2v) is 10.7. The van der Waals surface area contributed by atoms with Crippen LogP contribution in [0.15, 0.2) is 72.8 Å². The van der Waals surface area contributed by atoms with E-state index in [-0.39, 0.29) is 39.0 Å². The normalized spacial score (nSPS) is 10.7. The summed E-state index contributed by atoms with van der Waals surface area (Å²) in [6.07, 6.45) is 0. The first-order valence-electron chi connectivity index (χ1n) is 12.1. The first-order valence-corrected chi connectivity index (χ1v) is 14.8. The second kappa shape index (κ2) is 16.4. The van der Waals surface area contributed by atoms with Crippen molar-refractivity contribution in [2.24, 2.45) is 0 Å². The number of aromatic nitrogens is 4. The van der Waals surface area contributed by atoms with Gasteiger partial charge in [-0.05, 0) is 52.0 Å². The first kappa shape index (κ1) is 39.1. The summed E-state index contributed by atoms with van der Waals surface area (Å²) in [6.45, 7) is 8.03. The van der Waals surface area contributed by atoms with Crippen LogP contribution in [0.4, 0.5) is 0 Å². The summed E-state index contributed by atoms with van der Waals surface area (Å²) in [6, 6.07) is 24.9. The molecule has 0 atom stereocenters. The van der Waals surface area contributed by atoms with Gasteiger partial charge in [-0.25, -0.2) is 0 Å². The Labute approximate surface area is 280 Å². The van der Waals surface area contributed by atoms with Crippen LogP contribution in [0.3, 0.4) is 0 Å². The molecule has 16 heteroatoms. The van der Waals surface area contributed by atoms with Gasteiger partial charge in [0.05, 0.1) is 22.1 Å². The molecule has 4 heterocycles. The van der Waals surface area contributed by atoms with Crippen LogP contribution >= 0.6 is 0 Å². The predicted octanol–water partition coefficient (Wildman–Crippen LogP) is 4.12. The molecule has 6 rings (SSSR count). The molecular weight excluding hydrogens is 715 g/mol. The molecule has 0 saturated heterocycles. The van der Waals surface area contributed by atoms with Crippen LogP contribution in [0, 0.1) is 27.7 Å². The Bertz CT molecular complexity index is 1840. The van der Waals surface area contributed by atoms with Crippen molar-refractivity contribution in [2.45, 2.75) is 27.7 Å². The third kappa shape index (κ3) is 12.6. The van der Waals surface area contributed by atoms with Gasteiger partial charge in [0, 0.05) is 65.1 Å². The molecular formula is C28H24N4O8S2Zn2. The smallest absolute Gasteiger partial charge is 0.759 e. The summed E-state index contributed by atoms with van der Waals surface area (Å²) in [5, 5.41) is 4.60. The number of fused-ring (bicyclic) bond motifs is 6. The molecule has 12 nitrogen and oxygen atoms in total. The Morgan fingerprint density at radius 1 is 0.386 bits per heavy atom. The maximum Gasteiger partial charge on any atom is 2.00 e. The summed E-state index contributed by atoms with van der Waals surface area (Å²) in [7, 11) is -10.3. The van der Waals surface area contributed by atoms with E-state index in [0.29, 0.717) is 0 Å². The van der Waals surface area contributed by atoms with Gasteiger partial charge in [0.2, 0.25) is 0 Å². The molecule has 0 aliphatic carbocycles. The third-order valence-electron chi connectivity index (χ3n) is 5.60. The largest absolute Gasteiger partial charge is 2.00 e. The van der Waals surface area contributed by atoms with Crippen molar-refractivity contribution in [3.63, 3.8) is 0 Å². The van der Waals surface area contributed by atoms with Crippen molar-refractivity contribution in [3.8, 4) is 0 Å². The number of benzene rings is 2. The fraction of sp³-hybridized carbons (Fsp3) is 0.143. The van der Waals surface area contributed by atoms with E-state index >= 15 is 0 Å². The van der Waals surface area contributed by atoms with Gasteiger partial charge in [-0.1, -0.05) is 48.5 Å². The van der Waals surface area contributed by atoms with Gasteiger partial charge < -0.3 is 18.2 Å². The molecule has 0 spiro atoms. The number of pyridine rings is 4. The number of hydrogen-bond acceptors (Lipinski definition) is 12. The summed E-state index contributed by atoms with van der Waals surface area (Å²) < 4.78 is 68.2. The Balaban J connectivity index is 0.000000328. The minimum absolute atomic E-state index is 0. The fourth-order valence-corrected chi connectivity index (χ4v) is 3.93. The topological polar surface area (TPSA) is 212 Å². The van der Waals surface area contributed by atoms with Crippen molar-refractivity contribution in [2.75, 3.05) is 0 Å². The molecule has 0 aliphatic rings. The molecule has 44 heavy (non-hydrogen) atoms. The van der Waals surface area contributed by atoms with E-state index in [1.807, 2.05) is 52.0 Å². The van der Waals surface area contributed by atoms with Crippen molar-refractivity contribution in [1.82, 2.24) is 19.9 Å². The molecule has 2 aromatic carbocycles. The third-order valence-corrected chi connectivity index (χ3v) is 5.60. The summed E-state index contributed by atoms with van der Waals surface area (Å²) in [5.74, 6) is 0. The molecule has 0 saturated carbocycles. The van der Waals surface area contributed by atoms with Gasteiger partial charge >= 0.3 is 39.0 Å². The number of aryl methyl sites for hydroxylation is 4. The van der Waals surface area contributed by atoms with Gasteiger partial charge in [-0.15, -0.1) is 0 Å². The zero-order chi connectivity index (χ0) is 31.2. The van der Waals surface area contributed by atoms with Crippen LogP contribution in [0.2, 0.25) is 0 Å². The summed E-state index contributed by atoms with van der Waals surface area (Å²) >= 11 is 0. The Morgan fingerprint density at radius 2 is 0.523 bits per heavy atom. The van der Waals surface area contributed by atoms with Crippen LogP contribution < -0.4 is 0 Å². The molecule has 0 fully saturated rings. The van der Waals surface area contributed by atoms with E-state index in [2.05, 4.69) is 68.5 Å². The van der Waals surface area contributed by atoms with E-state index in [0.717, 1.165) is 66.4 Å². The molecule has 6 aromatic rings. The quantitative estimate of drug-likeness (QED) is 0.0932. The average Bonchev–Trinajstić information content (AvgIpc) is 2.87. The number of nitrogens with zero attached hydrogens (tertiary/aromatic N) is 4. The van der Waals surface area contributed by atoms with Crippen molar-refractivity contribution < 1.29 is 74.0 Å². The van der Waals surface area contributed by atoms with Crippen LogP contribution in [0.1, 0.15) is 22.8 Å². The number of hydrogen-bond donors (Lipinski definition) is 0. The monoisotopic (exact) mass is 736 g/mol. The van der Waals surface area contributed by atoms with Crippen LogP contribution in [-0.4, -0.2) is 55.0 Å². The van der Waals surface area contributed by atoms with Gasteiger partial charge in [-0.3, -0.25) is 36.8 Å². The zero-order valence-electron chi connectivity index (χ0n) is 24.2. The van der Waals surface area contributed by atoms with E-state index in [4.69, 9.17) is 35.0 Å². The molecule has 0 radical (unpaired) electrons. The second-order valence-electron chi connectivity index (χ2n) is 9.05. The summed E-state index contributed by atoms with van der Waals surface area (Å²) in [4.78, 5) is 18.3. The van der Waals surface area contributed by atoms with E-state index in [1.165, 1.54) is 0 Å². The van der Waals surface area contributed by atoms with Crippen LogP contribution in [-0.2, 0) is 59.8 Å². The molecule has 0 amide bonds. The predicted molar refractivity (Wildman–Crippen MR) is 154 cm³/mol. The Hall–Kier alpha value is -2.93. The molecule has 0 unspecified atom stereocenters. The maximum absolute atomic E-state index is 8.52. The van der Waals surface area contributed by atoms with Crippen molar-refractivity contribution >= 4 is 64.4 Å². The minimum atomic E-state index is -5.17. The first-order chi connectivity index (χ1) is 19.5. The maximum atomic E-state index is 8.52. The standard InChI is InChI=1S/2C14H12N2.2H2O4S.2Zn/c2*1-9-3-5-11-7-8-12-6-4-10(2)16-14(12)13(11)15-9;2*1-5(2,3)4;;/h2*3-8H,1-2H3;2*(H2,1,2,3,4);;/q;;;;2*+2/p-4. The molecule has 0 aliphatic heterocycles. The number of rotatable bonds is 0. The van der Waals surface area contributed by atoms with Crippen molar-refractivity contribution in [1.29, 1.82) is 0 Å². The minimum Gasteiger partial charge on any atom is -0.759 e. The van der Waals surface area contributed by atoms with Gasteiger partial charge in [0.25, 0.3) is 0 Å². The SMILES string of the molecule is Cc1ccc2ccc3ccc(C)nc3c2n1.Cc1ccc2ccc3ccc(C)nc3c2n1.O=S(=O)([O-])[O-].O=S(=O)([O-])[O-].[Zn+2].[Zn+2]. The van der Waals surface area contributed by atoms with E-state index < -0.39 is 20.8 Å². The zero-order valence-corrected chi connectivity index (χ0v) is 31.8. The van der Waals surface area contributed by atoms with E-state index in [9.17, 15) is 0 Å². The molecule has 4 aromatic heterocycles. The van der Waals surface area contributed by atoms with Gasteiger partial charge in [0.1, 0.15) is 0 Å².